The SMILES string of the molecule is COC(=O)c1sc(Nc2c(C)cccc2Cl)nc1C. The van der Waals surface area contributed by atoms with Crippen LogP contribution in [0.15, 0.2) is 18.2 Å². The lowest BCUT2D eigenvalue weighted by Gasteiger charge is -2.08. The Labute approximate surface area is 120 Å². The molecule has 0 aliphatic carbocycles. The molecule has 0 aliphatic heterocycles. The number of halogens is 1. The monoisotopic (exact) mass is 296 g/mol. The van der Waals surface area contributed by atoms with Crippen molar-refractivity contribution < 1.29 is 9.53 Å². The Morgan fingerprint density at radius 1 is 1.42 bits per heavy atom. The van der Waals surface area contributed by atoms with Gasteiger partial charge in [-0.05, 0) is 25.5 Å². The fourth-order valence-corrected chi connectivity index (χ4v) is 2.79. The summed E-state index contributed by atoms with van der Waals surface area (Å²) in [5, 5.41) is 4.39. The molecule has 0 amide bonds. The largest absolute Gasteiger partial charge is 0.465 e. The maximum Gasteiger partial charge on any atom is 0.350 e. The van der Waals surface area contributed by atoms with Crippen LogP contribution in [0.2, 0.25) is 5.02 Å². The van der Waals surface area contributed by atoms with Crippen molar-refractivity contribution in [3.8, 4) is 0 Å². The van der Waals surface area contributed by atoms with Crippen LogP contribution in [0, 0.1) is 13.8 Å². The van der Waals surface area contributed by atoms with Gasteiger partial charge in [0.2, 0.25) is 0 Å². The number of thiazole rings is 1. The van der Waals surface area contributed by atoms with E-state index in [1.54, 1.807) is 13.0 Å². The Morgan fingerprint density at radius 2 is 2.16 bits per heavy atom. The molecular formula is C13H13ClN2O2S. The van der Waals surface area contributed by atoms with Crippen LogP contribution in [0.4, 0.5) is 10.8 Å². The highest BCUT2D eigenvalue weighted by Crippen LogP contribution is 2.31. The van der Waals surface area contributed by atoms with Crippen LogP contribution in [0.5, 0.6) is 0 Å². The zero-order valence-corrected chi connectivity index (χ0v) is 12.4. The third kappa shape index (κ3) is 2.88. The van der Waals surface area contributed by atoms with Crippen molar-refractivity contribution in [2.24, 2.45) is 0 Å². The summed E-state index contributed by atoms with van der Waals surface area (Å²) < 4.78 is 4.71. The van der Waals surface area contributed by atoms with Gasteiger partial charge in [0.1, 0.15) is 4.88 Å². The zero-order chi connectivity index (χ0) is 14.0. The van der Waals surface area contributed by atoms with E-state index in [-0.39, 0.29) is 5.97 Å². The molecule has 1 aromatic carbocycles. The quantitative estimate of drug-likeness (QED) is 0.872. The Kier molecular flexibility index (Phi) is 4.07. The lowest BCUT2D eigenvalue weighted by molar-refractivity contribution is 0.0605. The second-order valence-electron chi connectivity index (χ2n) is 3.98. The van der Waals surface area contributed by atoms with E-state index in [1.165, 1.54) is 18.4 Å². The molecule has 0 bridgehead atoms. The van der Waals surface area contributed by atoms with Gasteiger partial charge in [0.05, 0.1) is 23.5 Å². The third-order valence-corrected chi connectivity index (χ3v) is 3.99. The topological polar surface area (TPSA) is 51.2 Å². The van der Waals surface area contributed by atoms with Crippen LogP contribution in [0.3, 0.4) is 0 Å². The second kappa shape index (κ2) is 5.59. The number of hydrogen-bond acceptors (Lipinski definition) is 5. The number of anilines is 2. The highest BCUT2D eigenvalue weighted by atomic mass is 35.5. The first kappa shape index (κ1) is 13.8. The molecule has 1 aromatic heterocycles. The molecule has 0 saturated heterocycles. The molecule has 0 unspecified atom stereocenters. The highest BCUT2D eigenvalue weighted by molar-refractivity contribution is 7.17. The molecule has 0 aliphatic rings. The minimum Gasteiger partial charge on any atom is -0.465 e. The van der Waals surface area contributed by atoms with Crippen LogP contribution in [-0.4, -0.2) is 18.1 Å². The molecular weight excluding hydrogens is 284 g/mol. The van der Waals surface area contributed by atoms with Crippen molar-refractivity contribution in [2.75, 3.05) is 12.4 Å². The fourth-order valence-electron chi connectivity index (χ4n) is 1.63. The molecule has 0 saturated carbocycles. The fraction of sp³-hybridized carbons (Fsp3) is 0.231. The van der Waals surface area contributed by atoms with Gasteiger partial charge in [-0.2, -0.15) is 0 Å². The maximum atomic E-state index is 11.5. The van der Waals surface area contributed by atoms with Gasteiger partial charge in [0.25, 0.3) is 0 Å². The first-order chi connectivity index (χ1) is 9.02. The molecule has 2 rings (SSSR count). The maximum absolute atomic E-state index is 11.5. The molecule has 19 heavy (non-hydrogen) atoms. The summed E-state index contributed by atoms with van der Waals surface area (Å²) in [7, 11) is 1.35. The number of ether oxygens (including phenoxy) is 1. The van der Waals surface area contributed by atoms with E-state index in [0.717, 1.165) is 11.3 Å². The van der Waals surface area contributed by atoms with Gasteiger partial charge in [-0.3, -0.25) is 0 Å². The van der Waals surface area contributed by atoms with E-state index in [9.17, 15) is 4.79 Å². The van der Waals surface area contributed by atoms with Crippen molar-refractivity contribution in [1.82, 2.24) is 4.98 Å². The minimum absolute atomic E-state index is 0.376. The lowest BCUT2D eigenvalue weighted by atomic mass is 10.2. The van der Waals surface area contributed by atoms with E-state index in [2.05, 4.69) is 10.3 Å². The first-order valence-electron chi connectivity index (χ1n) is 5.60. The Morgan fingerprint density at radius 3 is 2.79 bits per heavy atom. The number of methoxy groups -OCH3 is 1. The molecule has 100 valence electrons. The van der Waals surface area contributed by atoms with Gasteiger partial charge >= 0.3 is 5.97 Å². The number of esters is 1. The van der Waals surface area contributed by atoms with Crippen molar-refractivity contribution >= 4 is 39.7 Å². The van der Waals surface area contributed by atoms with Gasteiger partial charge in [0.15, 0.2) is 5.13 Å². The average molecular weight is 297 g/mol. The summed E-state index contributed by atoms with van der Waals surface area (Å²) in [4.78, 5) is 16.3. The van der Waals surface area contributed by atoms with E-state index < -0.39 is 0 Å². The summed E-state index contributed by atoms with van der Waals surface area (Å²) in [6.45, 7) is 3.73. The van der Waals surface area contributed by atoms with Gasteiger partial charge in [-0.15, -0.1) is 0 Å². The summed E-state index contributed by atoms with van der Waals surface area (Å²) >= 11 is 7.39. The number of carbonyl (C=O) groups is 1. The summed E-state index contributed by atoms with van der Waals surface area (Å²) in [6, 6.07) is 5.64. The predicted octanol–water partition coefficient (Wildman–Crippen LogP) is 3.94. The average Bonchev–Trinajstić information content (AvgIpc) is 2.74. The van der Waals surface area contributed by atoms with Crippen LogP contribution in [-0.2, 0) is 4.74 Å². The van der Waals surface area contributed by atoms with Crippen LogP contribution >= 0.6 is 22.9 Å². The number of benzene rings is 1. The molecule has 1 heterocycles. The highest BCUT2D eigenvalue weighted by Gasteiger charge is 2.16. The van der Waals surface area contributed by atoms with E-state index >= 15 is 0 Å². The van der Waals surface area contributed by atoms with E-state index in [4.69, 9.17) is 16.3 Å². The number of nitrogens with zero attached hydrogens (tertiary/aromatic N) is 1. The number of nitrogens with one attached hydrogen (secondary N) is 1. The molecule has 0 atom stereocenters. The molecule has 4 nitrogen and oxygen atoms in total. The number of para-hydroxylation sites is 1. The Balaban J connectivity index is 2.32. The number of aromatic nitrogens is 1. The second-order valence-corrected chi connectivity index (χ2v) is 5.39. The van der Waals surface area contributed by atoms with Gasteiger partial charge in [-0.1, -0.05) is 35.1 Å². The molecule has 0 fully saturated rings. The summed E-state index contributed by atoms with van der Waals surface area (Å²) in [5.41, 5.74) is 2.46. The Hall–Kier alpha value is -1.59. The molecule has 6 heteroatoms. The van der Waals surface area contributed by atoms with Crippen LogP contribution in [0.1, 0.15) is 20.9 Å². The molecule has 0 radical (unpaired) electrons. The third-order valence-electron chi connectivity index (χ3n) is 2.62. The van der Waals surface area contributed by atoms with Crippen LogP contribution < -0.4 is 5.32 Å². The normalized spacial score (nSPS) is 10.3. The first-order valence-corrected chi connectivity index (χ1v) is 6.80. The number of rotatable bonds is 3. The van der Waals surface area contributed by atoms with Gasteiger partial charge in [-0.25, -0.2) is 9.78 Å². The van der Waals surface area contributed by atoms with Crippen molar-refractivity contribution in [2.45, 2.75) is 13.8 Å². The molecule has 1 N–H and O–H groups in total. The standard InChI is InChI=1S/C13H13ClN2O2S/c1-7-5-4-6-9(14)10(7)16-13-15-8(2)11(19-13)12(17)18-3/h4-6H,1-3H3,(H,15,16). The van der Waals surface area contributed by atoms with Crippen molar-refractivity contribution in [3.05, 3.63) is 39.4 Å². The van der Waals surface area contributed by atoms with E-state index in [0.29, 0.717) is 20.7 Å². The summed E-state index contributed by atoms with van der Waals surface area (Å²) in [6.07, 6.45) is 0. The number of aryl methyl sites for hydroxylation is 2. The van der Waals surface area contributed by atoms with Gasteiger partial charge < -0.3 is 10.1 Å². The number of carbonyl (C=O) groups excluding carboxylic acids is 1. The van der Waals surface area contributed by atoms with Gasteiger partial charge in [0, 0.05) is 0 Å². The van der Waals surface area contributed by atoms with E-state index in [1.807, 2.05) is 19.1 Å². The minimum atomic E-state index is -0.376. The summed E-state index contributed by atoms with van der Waals surface area (Å²) in [5.74, 6) is -0.376. The lowest BCUT2D eigenvalue weighted by Crippen LogP contribution is -1.99. The van der Waals surface area contributed by atoms with Crippen molar-refractivity contribution in [3.63, 3.8) is 0 Å². The predicted molar refractivity (Wildman–Crippen MR) is 77.7 cm³/mol. The Bertz CT molecular complexity index is 605. The zero-order valence-electron chi connectivity index (χ0n) is 10.8. The van der Waals surface area contributed by atoms with Crippen molar-refractivity contribution in [1.29, 1.82) is 0 Å². The van der Waals surface area contributed by atoms with Crippen LogP contribution in [0.25, 0.3) is 0 Å². The molecule has 0 spiro atoms. The molecule has 2 aromatic rings. The number of hydrogen-bond donors (Lipinski definition) is 1. The smallest absolute Gasteiger partial charge is 0.350 e.